The number of carbonyl (C=O) groups is 2. The number of hydrogen-bond donors (Lipinski definition) is 1. The Balaban J connectivity index is 2.35. The first-order chi connectivity index (χ1) is 10.5. The van der Waals surface area contributed by atoms with E-state index in [2.05, 4.69) is 5.43 Å². The molecule has 0 saturated heterocycles. The highest BCUT2D eigenvalue weighted by atomic mass is 16.2. The zero-order valence-corrected chi connectivity index (χ0v) is 12.3. The maximum Gasteiger partial charge on any atom is 0.277 e. The lowest BCUT2D eigenvalue weighted by Crippen LogP contribution is -2.45. The number of anilines is 1. The molecule has 2 rings (SSSR count). The lowest BCUT2D eigenvalue weighted by Gasteiger charge is -2.23. The largest absolute Gasteiger partial charge is 0.277 e. The molecule has 5 heteroatoms. The minimum Gasteiger partial charge on any atom is -0.274 e. The van der Waals surface area contributed by atoms with Crippen LogP contribution in [-0.4, -0.2) is 11.8 Å². The van der Waals surface area contributed by atoms with Crippen LogP contribution in [0.4, 0.5) is 5.69 Å². The number of rotatable bonds is 2. The monoisotopic (exact) mass is 293 g/mol. The highest BCUT2D eigenvalue weighted by Crippen LogP contribution is 2.16. The van der Waals surface area contributed by atoms with E-state index in [0.717, 1.165) is 5.56 Å². The number of nitrogens with one attached hydrogen (secondary N) is 1. The van der Waals surface area contributed by atoms with Crippen LogP contribution in [0.1, 0.15) is 28.4 Å². The van der Waals surface area contributed by atoms with Gasteiger partial charge in [-0.2, -0.15) is 5.26 Å². The third kappa shape index (κ3) is 3.49. The predicted octanol–water partition coefficient (Wildman–Crippen LogP) is 2.56. The molecule has 0 aromatic heterocycles. The van der Waals surface area contributed by atoms with Crippen molar-refractivity contribution < 1.29 is 9.59 Å². The Hall–Kier alpha value is -3.13. The molecule has 2 aromatic carbocycles. The second-order valence-corrected chi connectivity index (χ2v) is 4.83. The second kappa shape index (κ2) is 6.55. The fraction of sp³-hybridized carbons (Fsp3) is 0.118. The van der Waals surface area contributed by atoms with Gasteiger partial charge in [0.15, 0.2) is 0 Å². The number of aryl methyl sites for hydroxylation is 1. The van der Waals surface area contributed by atoms with Crippen LogP contribution in [0.3, 0.4) is 0 Å². The van der Waals surface area contributed by atoms with Gasteiger partial charge in [0.05, 0.1) is 17.3 Å². The van der Waals surface area contributed by atoms with Gasteiger partial charge in [-0.25, -0.2) is 5.01 Å². The van der Waals surface area contributed by atoms with E-state index in [0.29, 0.717) is 16.8 Å². The van der Waals surface area contributed by atoms with E-state index in [1.165, 1.54) is 11.9 Å². The topological polar surface area (TPSA) is 73.2 Å². The van der Waals surface area contributed by atoms with Gasteiger partial charge >= 0.3 is 0 Å². The van der Waals surface area contributed by atoms with Gasteiger partial charge in [-0.15, -0.1) is 0 Å². The van der Waals surface area contributed by atoms with Crippen molar-refractivity contribution >= 4 is 17.5 Å². The van der Waals surface area contributed by atoms with Crippen LogP contribution in [0.5, 0.6) is 0 Å². The summed E-state index contributed by atoms with van der Waals surface area (Å²) in [4.78, 5) is 24.0. The Labute approximate surface area is 128 Å². The van der Waals surface area contributed by atoms with Gasteiger partial charge in [0.25, 0.3) is 5.91 Å². The average Bonchev–Trinajstić information content (AvgIpc) is 2.53. The van der Waals surface area contributed by atoms with E-state index in [9.17, 15) is 9.59 Å². The molecular formula is C17H15N3O2. The molecule has 0 atom stereocenters. The van der Waals surface area contributed by atoms with Crippen LogP contribution in [0.2, 0.25) is 0 Å². The molecule has 0 aliphatic carbocycles. The Bertz CT molecular complexity index is 728. The Morgan fingerprint density at radius 2 is 1.64 bits per heavy atom. The van der Waals surface area contributed by atoms with Gasteiger partial charge < -0.3 is 0 Å². The van der Waals surface area contributed by atoms with Crippen molar-refractivity contribution in [3.8, 4) is 6.07 Å². The first-order valence-corrected chi connectivity index (χ1v) is 6.70. The van der Waals surface area contributed by atoms with Gasteiger partial charge in [-0.3, -0.25) is 15.0 Å². The summed E-state index contributed by atoms with van der Waals surface area (Å²) >= 11 is 0. The molecule has 0 unspecified atom stereocenters. The molecule has 0 bridgehead atoms. The summed E-state index contributed by atoms with van der Waals surface area (Å²) in [6, 6.07) is 15.5. The van der Waals surface area contributed by atoms with Crippen molar-refractivity contribution in [3.05, 3.63) is 65.2 Å². The molecule has 2 amide bonds. The van der Waals surface area contributed by atoms with E-state index < -0.39 is 0 Å². The maximum atomic E-state index is 12.6. The molecule has 1 N–H and O–H groups in total. The maximum absolute atomic E-state index is 12.6. The number of benzene rings is 2. The van der Waals surface area contributed by atoms with Crippen LogP contribution < -0.4 is 10.4 Å². The molecule has 0 radical (unpaired) electrons. The zero-order chi connectivity index (χ0) is 16.1. The van der Waals surface area contributed by atoms with Gasteiger partial charge in [-0.05, 0) is 43.3 Å². The summed E-state index contributed by atoms with van der Waals surface area (Å²) < 4.78 is 0. The molecule has 110 valence electrons. The predicted molar refractivity (Wildman–Crippen MR) is 83.0 cm³/mol. The van der Waals surface area contributed by atoms with Crippen LogP contribution in [0, 0.1) is 18.3 Å². The van der Waals surface area contributed by atoms with Crippen LogP contribution in [0.25, 0.3) is 0 Å². The second-order valence-electron chi connectivity index (χ2n) is 4.83. The molecule has 2 aromatic rings. The molecule has 0 aliphatic heterocycles. The average molecular weight is 293 g/mol. The summed E-state index contributed by atoms with van der Waals surface area (Å²) in [5.74, 6) is -0.717. The van der Waals surface area contributed by atoms with Crippen LogP contribution >= 0.6 is 0 Å². The zero-order valence-electron chi connectivity index (χ0n) is 12.3. The number of carbonyl (C=O) groups excluding carboxylic acids is 2. The number of hydrazine groups is 1. The molecule has 0 spiro atoms. The van der Waals surface area contributed by atoms with Crippen molar-refractivity contribution in [2.75, 3.05) is 5.01 Å². The first-order valence-electron chi connectivity index (χ1n) is 6.70. The third-order valence-corrected chi connectivity index (χ3v) is 3.03. The molecule has 5 nitrogen and oxygen atoms in total. The van der Waals surface area contributed by atoms with E-state index in [1.54, 1.807) is 36.4 Å². The SMILES string of the molecule is CC(=O)NN(C(=O)c1ccc(C#N)cc1)c1ccc(C)cc1. The van der Waals surface area contributed by atoms with Crippen molar-refractivity contribution in [2.24, 2.45) is 0 Å². The highest BCUT2D eigenvalue weighted by Gasteiger charge is 2.18. The molecule has 0 heterocycles. The summed E-state index contributed by atoms with van der Waals surface area (Å²) in [5.41, 5.74) is 4.99. The summed E-state index contributed by atoms with van der Waals surface area (Å²) in [6.45, 7) is 3.28. The normalized spacial score (nSPS) is 9.68. The molecular weight excluding hydrogens is 278 g/mol. The molecule has 0 saturated carbocycles. The Morgan fingerprint density at radius 1 is 1.05 bits per heavy atom. The number of amides is 2. The lowest BCUT2D eigenvalue weighted by molar-refractivity contribution is -0.119. The van der Waals surface area contributed by atoms with Crippen molar-refractivity contribution in [2.45, 2.75) is 13.8 Å². The standard InChI is InChI=1S/C17H15N3O2/c1-12-3-9-16(10-4-12)20(19-13(2)21)17(22)15-7-5-14(11-18)6-8-15/h3-10H,1-2H3,(H,19,21). The third-order valence-electron chi connectivity index (χ3n) is 3.03. The number of hydrogen-bond acceptors (Lipinski definition) is 3. The van der Waals surface area contributed by atoms with Crippen molar-refractivity contribution in [3.63, 3.8) is 0 Å². The van der Waals surface area contributed by atoms with E-state index in [4.69, 9.17) is 5.26 Å². The van der Waals surface area contributed by atoms with Gasteiger partial charge in [0.2, 0.25) is 5.91 Å². The Morgan fingerprint density at radius 3 is 2.14 bits per heavy atom. The van der Waals surface area contributed by atoms with Crippen LogP contribution in [-0.2, 0) is 4.79 Å². The molecule has 0 aliphatic rings. The number of nitrogens with zero attached hydrogens (tertiary/aromatic N) is 2. The van der Waals surface area contributed by atoms with Crippen molar-refractivity contribution in [1.82, 2.24) is 5.43 Å². The first kappa shape index (κ1) is 15.3. The van der Waals surface area contributed by atoms with Crippen LogP contribution in [0.15, 0.2) is 48.5 Å². The molecule has 0 fully saturated rings. The smallest absolute Gasteiger partial charge is 0.274 e. The van der Waals surface area contributed by atoms with Crippen molar-refractivity contribution in [1.29, 1.82) is 5.26 Å². The summed E-state index contributed by atoms with van der Waals surface area (Å²) in [6.07, 6.45) is 0. The Kier molecular flexibility index (Phi) is 4.54. The molecule has 22 heavy (non-hydrogen) atoms. The quantitative estimate of drug-likeness (QED) is 0.865. The van der Waals surface area contributed by atoms with E-state index in [-0.39, 0.29) is 11.8 Å². The minimum atomic E-state index is -0.372. The lowest BCUT2D eigenvalue weighted by atomic mass is 10.1. The fourth-order valence-electron chi connectivity index (χ4n) is 1.90. The van der Waals surface area contributed by atoms with Gasteiger partial charge in [0.1, 0.15) is 0 Å². The fourth-order valence-corrected chi connectivity index (χ4v) is 1.90. The van der Waals surface area contributed by atoms with Gasteiger partial charge in [-0.1, -0.05) is 17.7 Å². The summed E-state index contributed by atoms with van der Waals surface area (Å²) in [5, 5.41) is 9.99. The number of nitriles is 1. The summed E-state index contributed by atoms with van der Waals surface area (Å²) in [7, 11) is 0. The minimum absolute atomic E-state index is 0.345. The van der Waals surface area contributed by atoms with E-state index >= 15 is 0 Å². The van der Waals surface area contributed by atoms with E-state index in [1.807, 2.05) is 25.1 Å². The highest BCUT2D eigenvalue weighted by molar-refractivity contribution is 6.07. The van der Waals surface area contributed by atoms with Gasteiger partial charge in [0, 0.05) is 12.5 Å².